The predicted octanol–water partition coefficient (Wildman–Crippen LogP) is 1.83. The standard InChI is InChI=1S/C24H28N2O9/c1-4-32-24(30)18(14-33-20(28)11-10-17-8-6-5-7-9-17)26-23(29)21-22(35-15-34-16(2)27)19(31-3)12-13-25-21/h5-9,12-13,18H,4,10-11,14-15H2,1-3H3,(H,26,29)/t18-/m0/s1. The first-order valence-corrected chi connectivity index (χ1v) is 10.8. The number of ether oxygens (including phenoxy) is 5. The first-order valence-electron chi connectivity index (χ1n) is 10.8. The monoisotopic (exact) mass is 488 g/mol. The molecule has 1 heterocycles. The predicted molar refractivity (Wildman–Crippen MR) is 122 cm³/mol. The minimum absolute atomic E-state index is 0.0569. The van der Waals surface area contributed by atoms with Crippen LogP contribution in [0.25, 0.3) is 0 Å². The maximum absolute atomic E-state index is 12.9. The third-order valence-electron chi connectivity index (χ3n) is 4.52. The summed E-state index contributed by atoms with van der Waals surface area (Å²) >= 11 is 0. The van der Waals surface area contributed by atoms with Gasteiger partial charge in [-0.25, -0.2) is 9.78 Å². The van der Waals surface area contributed by atoms with Crippen LogP contribution in [-0.2, 0) is 35.0 Å². The van der Waals surface area contributed by atoms with E-state index in [-0.39, 0.29) is 30.2 Å². The molecular formula is C24H28N2O9. The van der Waals surface area contributed by atoms with Gasteiger partial charge in [0.05, 0.1) is 13.7 Å². The first-order chi connectivity index (χ1) is 16.8. The van der Waals surface area contributed by atoms with Gasteiger partial charge in [-0.2, -0.15) is 0 Å². The number of methoxy groups -OCH3 is 1. The van der Waals surface area contributed by atoms with Crippen molar-refractivity contribution in [2.45, 2.75) is 32.7 Å². The molecule has 1 amide bonds. The van der Waals surface area contributed by atoms with Crippen LogP contribution < -0.4 is 14.8 Å². The number of benzene rings is 1. The van der Waals surface area contributed by atoms with Crippen molar-refractivity contribution in [3.8, 4) is 11.5 Å². The van der Waals surface area contributed by atoms with Crippen LogP contribution in [0.2, 0.25) is 0 Å². The minimum Gasteiger partial charge on any atom is -0.493 e. The summed E-state index contributed by atoms with van der Waals surface area (Å²) in [5.74, 6) is -2.69. The van der Waals surface area contributed by atoms with Gasteiger partial charge in [0.1, 0.15) is 6.61 Å². The number of carbonyl (C=O) groups excluding carboxylic acids is 4. The molecule has 0 aliphatic rings. The second-order valence-corrected chi connectivity index (χ2v) is 7.04. The summed E-state index contributed by atoms with van der Waals surface area (Å²) in [6, 6.07) is 9.52. The van der Waals surface area contributed by atoms with E-state index in [0.717, 1.165) is 5.56 Å². The van der Waals surface area contributed by atoms with E-state index in [1.165, 1.54) is 26.3 Å². The molecule has 35 heavy (non-hydrogen) atoms. The van der Waals surface area contributed by atoms with Crippen molar-refractivity contribution in [3.05, 3.63) is 53.9 Å². The van der Waals surface area contributed by atoms with Gasteiger partial charge in [-0.1, -0.05) is 30.3 Å². The topological polar surface area (TPSA) is 139 Å². The second kappa shape index (κ2) is 14.2. The maximum atomic E-state index is 12.9. The van der Waals surface area contributed by atoms with E-state index in [9.17, 15) is 19.2 Å². The highest BCUT2D eigenvalue weighted by molar-refractivity contribution is 5.98. The van der Waals surface area contributed by atoms with E-state index in [0.29, 0.717) is 6.42 Å². The Labute approximate surface area is 202 Å². The van der Waals surface area contributed by atoms with Gasteiger partial charge in [-0.3, -0.25) is 14.4 Å². The average Bonchev–Trinajstić information content (AvgIpc) is 2.85. The van der Waals surface area contributed by atoms with Gasteiger partial charge < -0.3 is 29.0 Å². The molecule has 0 unspecified atom stereocenters. The molecule has 1 aromatic carbocycles. The van der Waals surface area contributed by atoms with Gasteiger partial charge in [0.2, 0.25) is 6.79 Å². The smallest absolute Gasteiger partial charge is 0.332 e. The summed E-state index contributed by atoms with van der Waals surface area (Å²) in [6.45, 7) is 1.93. The molecule has 0 radical (unpaired) electrons. The normalized spacial score (nSPS) is 11.1. The highest BCUT2D eigenvalue weighted by atomic mass is 16.7. The van der Waals surface area contributed by atoms with Crippen LogP contribution in [0.5, 0.6) is 11.5 Å². The molecule has 2 aromatic rings. The second-order valence-electron chi connectivity index (χ2n) is 7.04. The number of rotatable bonds is 13. The van der Waals surface area contributed by atoms with Crippen molar-refractivity contribution in [2.75, 3.05) is 27.1 Å². The number of hydrogen-bond donors (Lipinski definition) is 1. The molecule has 2 rings (SSSR count). The third-order valence-corrected chi connectivity index (χ3v) is 4.52. The molecule has 1 aromatic heterocycles. The summed E-state index contributed by atoms with van der Waals surface area (Å²) in [5.41, 5.74) is 0.728. The fraction of sp³-hybridized carbons (Fsp3) is 0.375. The summed E-state index contributed by atoms with van der Waals surface area (Å²) in [7, 11) is 1.35. The lowest BCUT2D eigenvalue weighted by Gasteiger charge is -2.19. The Kier molecular flexibility index (Phi) is 11.0. The SMILES string of the molecule is CCOC(=O)[C@H](COC(=O)CCc1ccccc1)NC(=O)c1nccc(OC)c1OCOC(C)=O. The quantitative estimate of drug-likeness (QED) is 0.252. The van der Waals surface area contributed by atoms with Crippen molar-refractivity contribution < 1.29 is 42.9 Å². The van der Waals surface area contributed by atoms with Crippen molar-refractivity contribution in [2.24, 2.45) is 0 Å². The summed E-state index contributed by atoms with van der Waals surface area (Å²) in [6.07, 6.45) is 1.86. The lowest BCUT2D eigenvalue weighted by molar-refractivity contribution is -0.152. The van der Waals surface area contributed by atoms with Crippen LogP contribution in [0.4, 0.5) is 0 Å². The van der Waals surface area contributed by atoms with Crippen molar-refractivity contribution >= 4 is 23.8 Å². The zero-order chi connectivity index (χ0) is 25.6. The minimum atomic E-state index is -1.29. The van der Waals surface area contributed by atoms with Gasteiger partial charge in [0, 0.05) is 25.6 Å². The van der Waals surface area contributed by atoms with Crippen molar-refractivity contribution in [3.63, 3.8) is 0 Å². The number of carbonyl (C=O) groups is 4. The molecule has 0 saturated carbocycles. The fourth-order valence-electron chi connectivity index (χ4n) is 2.84. The lowest BCUT2D eigenvalue weighted by Crippen LogP contribution is -2.45. The van der Waals surface area contributed by atoms with Gasteiger partial charge in [0.15, 0.2) is 23.2 Å². The molecule has 0 saturated heterocycles. The summed E-state index contributed by atoms with van der Waals surface area (Å²) in [4.78, 5) is 52.5. The van der Waals surface area contributed by atoms with Crippen molar-refractivity contribution in [1.82, 2.24) is 10.3 Å². The Morgan fingerprint density at radius 3 is 2.43 bits per heavy atom. The number of hydrogen-bond acceptors (Lipinski definition) is 10. The Hall–Kier alpha value is -4.15. The number of esters is 3. The van der Waals surface area contributed by atoms with E-state index < -0.39 is 43.3 Å². The van der Waals surface area contributed by atoms with Gasteiger partial charge in [0.25, 0.3) is 5.91 Å². The number of pyridine rings is 1. The van der Waals surface area contributed by atoms with Gasteiger partial charge in [-0.15, -0.1) is 0 Å². The molecule has 0 fully saturated rings. The first kappa shape index (κ1) is 27.1. The van der Waals surface area contributed by atoms with E-state index in [1.807, 2.05) is 30.3 Å². The van der Waals surface area contributed by atoms with Crippen LogP contribution in [0.3, 0.4) is 0 Å². The molecular weight excluding hydrogens is 460 g/mol. The number of nitrogens with one attached hydrogen (secondary N) is 1. The van der Waals surface area contributed by atoms with Gasteiger partial charge >= 0.3 is 17.9 Å². The average molecular weight is 488 g/mol. The molecule has 11 nitrogen and oxygen atoms in total. The van der Waals surface area contributed by atoms with E-state index in [1.54, 1.807) is 6.92 Å². The Balaban J connectivity index is 2.08. The number of amides is 1. The van der Waals surface area contributed by atoms with Crippen LogP contribution >= 0.6 is 0 Å². The zero-order valence-electron chi connectivity index (χ0n) is 19.8. The Bertz CT molecular complexity index is 1010. The van der Waals surface area contributed by atoms with E-state index in [2.05, 4.69) is 10.3 Å². The molecule has 0 aliphatic heterocycles. The number of aromatic nitrogens is 1. The zero-order valence-corrected chi connectivity index (χ0v) is 19.8. The third kappa shape index (κ3) is 8.95. The molecule has 0 aliphatic carbocycles. The number of aryl methyl sites for hydroxylation is 1. The lowest BCUT2D eigenvalue weighted by atomic mass is 10.1. The van der Waals surface area contributed by atoms with Crippen LogP contribution in [0, 0.1) is 0 Å². The largest absolute Gasteiger partial charge is 0.493 e. The van der Waals surface area contributed by atoms with Crippen molar-refractivity contribution in [1.29, 1.82) is 0 Å². The van der Waals surface area contributed by atoms with E-state index >= 15 is 0 Å². The molecule has 0 bridgehead atoms. The highest BCUT2D eigenvalue weighted by Crippen LogP contribution is 2.29. The van der Waals surface area contributed by atoms with Crippen LogP contribution in [-0.4, -0.2) is 62.0 Å². The molecule has 188 valence electrons. The van der Waals surface area contributed by atoms with Crippen LogP contribution in [0.15, 0.2) is 42.6 Å². The van der Waals surface area contributed by atoms with Gasteiger partial charge in [-0.05, 0) is 18.9 Å². The summed E-state index contributed by atoms with van der Waals surface area (Å²) in [5, 5.41) is 2.44. The fourth-order valence-corrected chi connectivity index (χ4v) is 2.84. The molecule has 11 heteroatoms. The molecule has 1 atom stereocenters. The maximum Gasteiger partial charge on any atom is 0.332 e. The molecule has 0 spiro atoms. The summed E-state index contributed by atoms with van der Waals surface area (Å²) < 4.78 is 25.5. The molecule has 1 N–H and O–H groups in total. The Morgan fingerprint density at radius 1 is 1.03 bits per heavy atom. The van der Waals surface area contributed by atoms with Crippen LogP contribution in [0.1, 0.15) is 36.3 Å². The highest BCUT2D eigenvalue weighted by Gasteiger charge is 2.28. The van der Waals surface area contributed by atoms with E-state index in [4.69, 9.17) is 23.7 Å². The number of nitrogens with zero attached hydrogens (tertiary/aromatic N) is 1. The Morgan fingerprint density at radius 2 is 1.77 bits per heavy atom.